The Hall–Kier alpha value is -0.430. The van der Waals surface area contributed by atoms with Crippen molar-refractivity contribution < 1.29 is 0 Å². The summed E-state index contributed by atoms with van der Waals surface area (Å²) in [6.07, 6.45) is 2.11. The van der Waals surface area contributed by atoms with E-state index in [2.05, 4.69) is 66.1 Å². The quantitative estimate of drug-likeness (QED) is 0.329. The summed E-state index contributed by atoms with van der Waals surface area (Å²) in [6, 6.07) is 10.6. The Balaban J connectivity index is 0.00000361. The van der Waals surface area contributed by atoms with Gasteiger partial charge in [-0.1, -0.05) is 44.2 Å². The van der Waals surface area contributed by atoms with Gasteiger partial charge in [-0.15, -0.1) is 24.0 Å². The third-order valence-electron chi connectivity index (χ3n) is 3.08. The maximum atomic E-state index is 4.24. The Morgan fingerprint density at radius 3 is 2.40 bits per heavy atom. The summed E-state index contributed by atoms with van der Waals surface area (Å²) in [5.74, 6) is 1.96. The van der Waals surface area contributed by atoms with Crippen LogP contribution in [0, 0.1) is 0 Å². The molecule has 2 N–H and O–H groups in total. The first-order valence-corrected chi connectivity index (χ1v) is 7.98. The SMILES string of the molecule is CN=C(NCCSC)NCC(C)(C)c1ccccc1.I. The number of nitrogens with zero attached hydrogens (tertiary/aromatic N) is 1. The molecule has 0 aliphatic heterocycles. The average molecular weight is 407 g/mol. The fourth-order valence-electron chi connectivity index (χ4n) is 1.79. The molecule has 20 heavy (non-hydrogen) atoms. The summed E-state index contributed by atoms with van der Waals surface area (Å²) in [6.45, 7) is 6.28. The minimum Gasteiger partial charge on any atom is -0.356 e. The lowest BCUT2D eigenvalue weighted by molar-refractivity contribution is 0.509. The van der Waals surface area contributed by atoms with Gasteiger partial charge in [0.05, 0.1) is 0 Å². The summed E-state index contributed by atoms with van der Waals surface area (Å²) >= 11 is 1.83. The number of thioether (sulfide) groups is 1. The van der Waals surface area contributed by atoms with Crippen molar-refractivity contribution in [3.63, 3.8) is 0 Å². The maximum Gasteiger partial charge on any atom is 0.191 e. The molecule has 0 bridgehead atoms. The average Bonchev–Trinajstić information content (AvgIpc) is 2.43. The molecule has 5 heteroatoms. The van der Waals surface area contributed by atoms with Gasteiger partial charge in [-0.25, -0.2) is 0 Å². The third kappa shape index (κ3) is 6.83. The molecule has 0 aromatic heterocycles. The monoisotopic (exact) mass is 407 g/mol. The van der Waals surface area contributed by atoms with Gasteiger partial charge < -0.3 is 10.6 Å². The van der Waals surface area contributed by atoms with Crippen LogP contribution in [0.25, 0.3) is 0 Å². The van der Waals surface area contributed by atoms with Crippen molar-refractivity contribution in [2.45, 2.75) is 19.3 Å². The summed E-state index contributed by atoms with van der Waals surface area (Å²) in [4.78, 5) is 4.24. The molecule has 1 rings (SSSR count). The molecule has 0 saturated heterocycles. The highest BCUT2D eigenvalue weighted by Crippen LogP contribution is 2.21. The molecule has 0 saturated carbocycles. The van der Waals surface area contributed by atoms with Gasteiger partial charge >= 0.3 is 0 Å². The van der Waals surface area contributed by atoms with Crippen molar-refractivity contribution in [2.75, 3.05) is 32.1 Å². The van der Waals surface area contributed by atoms with Crippen LogP contribution >= 0.6 is 35.7 Å². The van der Waals surface area contributed by atoms with Gasteiger partial charge in [0.15, 0.2) is 5.96 Å². The van der Waals surface area contributed by atoms with Gasteiger partial charge in [-0.2, -0.15) is 11.8 Å². The van der Waals surface area contributed by atoms with Crippen molar-refractivity contribution in [3.8, 4) is 0 Å². The highest BCUT2D eigenvalue weighted by atomic mass is 127. The van der Waals surface area contributed by atoms with Crippen LogP contribution in [0.4, 0.5) is 0 Å². The number of hydrogen-bond acceptors (Lipinski definition) is 2. The molecule has 0 amide bonds. The number of hydrogen-bond donors (Lipinski definition) is 2. The molecule has 1 aromatic carbocycles. The Labute approximate surface area is 144 Å². The summed E-state index contributed by atoms with van der Waals surface area (Å²) in [5, 5.41) is 6.71. The molecular formula is C15H26IN3S. The molecular weight excluding hydrogens is 381 g/mol. The van der Waals surface area contributed by atoms with Crippen LogP contribution in [-0.2, 0) is 5.41 Å². The van der Waals surface area contributed by atoms with Gasteiger partial charge in [0.25, 0.3) is 0 Å². The molecule has 114 valence electrons. The predicted molar refractivity (Wildman–Crippen MR) is 103 cm³/mol. The first kappa shape index (κ1) is 19.6. The van der Waals surface area contributed by atoms with E-state index in [-0.39, 0.29) is 29.4 Å². The van der Waals surface area contributed by atoms with Crippen LogP contribution in [0.2, 0.25) is 0 Å². The highest BCUT2D eigenvalue weighted by Gasteiger charge is 2.20. The minimum absolute atomic E-state index is 0. The number of rotatable bonds is 6. The van der Waals surface area contributed by atoms with E-state index in [1.54, 1.807) is 0 Å². The van der Waals surface area contributed by atoms with Gasteiger partial charge in [-0.3, -0.25) is 4.99 Å². The molecule has 0 spiro atoms. The lowest BCUT2D eigenvalue weighted by atomic mass is 9.85. The second-order valence-electron chi connectivity index (χ2n) is 5.10. The number of nitrogens with one attached hydrogen (secondary N) is 2. The van der Waals surface area contributed by atoms with Crippen molar-refractivity contribution in [3.05, 3.63) is 35.9 Å². The van der Waals surface area contributed by atoms with E-state index < -0.39 is 0 Å². The molecule has 3 nitrogen and oxygen atoms in total. The normalized spacial score (nSPS) is 11.7. The van der Waals surface area contributed by atoms with Crippen LogP contribution in [-0.4, -0.2) is 38.1 Å². The second-order valence-corrected chi connectivity index (χ2v) is 6.08. The van der Waals surface area contributed by atoms with Gasteiger partial charge in [0.2, 0.25) is 0 Å². The smallest absolute Gasteiger partial charge is 0.191 e. The van der Waals surface area contributed by atoms with E-state index in [0.717, 1.165) is 24.8 Å². The lowest BCUT2D eigenvalue weighted by Crippen LogP contribution is -2.44. The van der Waals surface area contributed by atoms with E-state index in [0.29, 0.717) is 0 Å². The molecule has 0 unspecified atom stereocenters. The summed E-state index contributed by atoms with van der Waals surface area (Å²) in [5.41, 5.74) is 1.42. The van der Waals surface area contributed by atoms with Gasteiger partial charge in [0, 0.05) is 31.3 Å². The molecule has 0 heterocycles. The van der Waals surface area contributed by atoms with Crippen LogP contribution in [0.5, 0.6) is 0 Å². The van der Waals surface area contributed by atoms with E-state index in [4.69, 9.17) is 0 Å². The lowest BCUT2D eigenvalue weighted by Gasteiger charge is -2.26. The summed E-state index contributed by atoms with van der Waals surface area (Å²) < 4.78 is 0. The third-order valence-corrected chi connectivity index (χ3v) is 3.69. The molecule has 0 aliphatic rings. The van der Waals surface area contributed by atoms with Crippen molar-refractivity contribution >= 4 is 41.7 Å². The Bertz CT molecular complexity index is 393. The van der Waals surface area contributed by atoms with E-state index in [1.165, 1.54) is 5.56 Å². The zero-order valence-electron chi connectivity index (χ0n) is 12.8. The number of halogens is 1. The topological polar surface area (TPSA) is 36.4 Å². The molecule has 0 atom stereocenters. The van der Waals surface area contributed by atoms with Crippen molar-refractivity contribution in [1.29, 1.82) is 0 Å². The van der Waals surface area contributed by atoms with E-state index in [1.807, 2.05) is 18.8 Å². The maximum absolute atomic E-state index is 4.24. The summed E-state index contributed by atoms with van der Waals surface area (Å²) in [7, 11) is 1.81. The molecule has 1 aromatic rings. The highest BCUT2D eigenvalue weighted by molar-refractivity contribution is 14.0. The van der Waals surface area contributed by atoms with Crippen LogP contribution < -0.4 is 10.6 Å². The van der Waals surface area contributed by atoms with Crippen LogP contribution in [0.1, 0.15) is 19.4 Å². The van der Waals surface area contributed by atoms with Gasteiger partial charge in [-0.05, 0) is 11.8 Å². The standard InChI is InChI=1S/C15H25N3S.HI/c1-15(2,13-8-6-5-7-9-13)12-18-14(16-3)17-10-11-19-4;/h5-9H,10-12H2,1-4H3,(H2,16,17,18);1H. The predicted octanol–water partition coefficient (Wildman–Crippen LogP) is 3.11. The number of benzene rings is 1. The zero-order chi connectivity index (χ0) is 14.1. The second kappa shape index (κ2) is 10.3. The van der Waals surface area contributed by atoms with Crippen LogP contribution in [0.15, 0.2) is 35.3 Å². The zero-order valence-corrected chi connectivity index (χ0v) is 15.9. The minimum atomic E-state index is 0. The number of guanidine groups is 1. The molecule has 0 fully saturated rings. The first-order chi connectivity index (χ1) is 9.10. The molecule has 0 radical (unpaired) electrons. The fourth-order valence-corrected chi connectivity index (χ4v) is 2.09. The van der Waals surface area contributed by atoms with E-state index in [9.17, 15) is 0 Å². The van der Waals surface area contributed by atoms with Crippen LogP contribution in [0.3, 0.4) is 0 Å². The Kier molecular flexibility index (Phi) is 10.1. The first-order valence-electron chi connectivity index (χ1n) is 6.59. The molecule has 0 aliphatic carbocycles. The van der Waals surface area contributed by atoms with Gasteiger partial charge in [0.1, 0.15) is 0 Å². The largest absolute Gasteiger partial charge is 0.356 e. The Morgan fingerprint density at radius 2 is 1.85 bits per heavy atom. The van der Waals surface area contributed by atoms with Crippen molar-refractivity contribution in [2.24, 2.45) is 4.99 Å². The Morgan fingerprint density at radius 1 is 1.20 bits per heavy atom. The number of aliphatic imine (C=N–C) groups is 1. The fraction of sp³-hybridized carbons (Fsp3) is 0.533. The van der Waals surface area contributed by atoms with Crippen molar-refractivity contribution in [1.82, 2.24) is 10.6 Å². The van der Waals surface area contributed by atoms with E-state index >= 15 is 0 Å².